The number of amides is 1. The van der Waals surface area contributed by atoms with Crippen molar-refractivity contribution >= 4 is 40.8 Å². The second-order valence-electron chi connectivity index (χ2n) is 13.1. The number of ether oxygens (including phenoxy) is 2. The lowest BCUT2D eigenvalue weighted by molar-refractivity contribution is -0.114. The zero-order valence-corrected chi connectivity index (χ0v) is 25.6. The van der Waals surface area contributed by atoms with Crippen molar-refractivity contribution in [2.75, 3.05) is 13.7 Å². The van der Waals surface area contributed by atoms with E-state index in [1.54, 1.807) is 12.0 Å². The summed E-state index contributed by atoms with van der Waals surface area (Å²) in [6, 6.07) is 19.2. The molecular weight excluding hydrogens is 513 g/mol. The van der Waals surface area contributed by atoms with Crippen LogP contribution in [0.4, 0.5) is 4.79 Å². The number of hydrogen-bond donors (Lipinski definition) is 1. The molecule has 1 aliphatic rings. The van der Waals surface area contributed by atoms with E-state index >= 15 is 0 Å². The van der Waals surface area contributed by atoms with Crippen molar-refractivity contribution in [2.24, 2.45) is 0 Å². The van der Waals surface area contributed by atoms with Crippen molar-refractivity contribution in [1.29, 1.82) is 0 Å². The molecule has 0 bridgehead atoms. The van der Waals surface area contributed by atoms with E-state index in [4.69, 9.17) is 19.1 Å². The third-order valence-corrected chi connectivity index (χ3v) is 8.49. The molecule has 1 saturated heterocycles. The molecule has 7 nitrogen and oxygen atoms in total. The minimum atomic E-state index is -0.527. The minimum absolute atomic E-state index is 0.106. The number of fused-ring (bicyclic) bond motifs is 2. The van der Waals surface area contributed by atoms with Crippen molar-refractivity contribution in [3.05, 3.63) is 60.4 Å². The van der Waals surface area contributed by atoms with Gasteiger partial charge in [0.2, 0.25) is 0 Å². The molecule has 1 atom stereocenters. The monoisotopic (exact) mass is 555 g/mol. The van der Waals surface area contributed by atoms with Gasteiger partial charge in [0.25, 0.3) is 0 Å². The summed E-state index contributed by atoms with van der Waals surface area (Å²) in [6.07, 6.45) is 1.51. The molecule has 0 aliphatic carbocycles. The molecule has 216 valence electrons. The van der Waals surface area contributed by atoms with Crippen LogP contribution in [-0.2, 0) is 14.1 Å². The Hall–Kier alpha value is -3.36. The largest absolute Gasteiger partial charge is 0.444 e. The fourth-order valence-electron chi connectivity index (χ4n) is 5.20. The van der Waals surface area contributed by atoms with Crippen LogP contribution in [0.2, 0.25) is 0 Å². The summed E-state index contributed by atoms with van der Waals surface area (Å²) in [5, 5.41) is 2.35. The van der Waals surface area contributed by atoms with Crippen molar-refractivity contribution in [3.8, 4) is 11.1 Å². The summed E-state index contributed by atoms with van der Waals surface area (Å²) in [4.78, 5) is 23.0. The molecule has 41 heavy (non-hydrogen) atoms. The topological polar surface area (TPSA) is 76.7 Å². The Labute approximate surface area is 243 Å². The lowest BCUT2D eigenvalue weighted by Crippen LogP contribution is -2.50. The number of rotatable bonds is 7. The highest BCUT2D eigenvalue weighted by molar-refractivity contribution is 6.47. The third kappa shape index (κ3) is 6.14. The number of aromatic nitrogens is 2. The molecule has 0 radical (unpaired) electrons. The molecule has 5 rings (SSSR count). The first-order valence-corrected chi connectivity index (χ1v) is 14.5. The molecule has 8 heteroatoms. The van der Waals surface area contributed by atoms with Gasteiger partial charge in [-0.15, -0.1) is 0 Å². The Morgan fingerprint density at radius 3 is 2.34 bits per heavy atom. The van der Waals surface area contributed by atoms with E-state index in [0.717, 1.165) is 46.3 Å². The van der Waals surface area contributed by atoms with Crippen LogP contribution in [0.15, 0.2) is 54.6 Å². The third-order valence-electron chi connectivity index (χ3n) is 8.49. The van der Waals surface area contributed by atoms with E-state index in [1.807, 2.05) is 40.7 Å². The fourth-order valence-corrected chi connectivity index (χ4v) is 5.20. The molecule has 1 aromatic heterocycles. The summed E-state index contributed by atoms with van der Waals surface area (Å²) in [7, 11) is 2.24. The lowest BCUT2D eigenvalue weighted by atomic mass is 9.81. The first-order chi connectivity index (χ1) is 19.3. The van der Waals surface area contributed by atoms with E-state index in [-0.39, 0.29) is 12.1 Å². The number of carbonyl (C=O) groups excluding carboxylic acids is 1. The van der Waals surface area contributed by atoms with Gasteiger partial charge in [-0.25, -0.2) is 9.78 Å². The Morgan fingerprint density at radius 1 is 0.927 bits per heavy atom. The van der Waals surface area contributed by atoms with Crippen molar-refractivity contribution < 1.29 is 18.9 Å². The summed E-state index contributed by atoms with van der Waals surface area (Å²) >= 11 is 0. The fraction of sp³-hybridized carbons (Fsp3) is 0.455. The van der Waals surface area contributed by atoms with Gasteiger partial charge < -0.3 is 19.1 Å². The van der Waals surface area contributed by atoms with Gasteiger partial charge in [0.15, 0.2) is 0 Å². The van der Waals surface area contributed by atoms with Crippen LogP contribution in [0.25, 0.3) is 32.9 Å². The SMILES string of the molecule is COC(C)(C)C(C)(C)OBc1ccc2cc(-c3ccc4nc([C@@H]5CCCN5C(=O)OC(C)(C)C)[nH]c4c3)ccc2c1. The van der Waals surface area contributed by atoms with Crippen LogP contribution in [0.1, 0.15) is 73.2 Å². The highest BCUT2D eigenvalue weighted by atomic mass is 16.6. The number of likely N-dealkylation sites (tertiary alicyclic amines) is 1. The first kappa shape index (κ1) is 29.1. The van der Waals surface area contributed by atoms with E-state index in [9.17, 15) is 4.79 Å². The average molecular weight is 556 g/mol. The maximum atomic E-state index is 12.8. The van der Waals surface area contributed by atoms with Gasteiger partial charge in [0, 0.05) is 13.7 Å². The van der Waals surface area contributed by atoms with E-state index in [0.29, 0.717) is 14.0 Å². The zero-order valence-electron chi connectivity index (χ0n) is 25.6. The number of imidazole rings is 1. The number of hydrogen-bond acceptors (Lipinski definition) is 5. The normalized spacial score (nSPS) is 16.5. The molecule has 0 spiro atoms. The molecule has 1 aliphatic heterocycles. The molecule has 0 saturated carbocycles. The maximum absolute atomic E-state index is 12.8. The molecule has 4 aromatic rings. The number of benzene rings is 3. The molecular formula is C33H42BN3O4. The van der Waals surface area contributed by atoms with Gasteiger partial charge in [0.1, 0.15) is 11.4 Å². The highest BCUT2D eigenvalue weighted by Gasteiger charge is 2.38. The Bertz CT molecular complexity index is 1570. The van der Waals surface area contributed by atoms with Gasteiger partial charge in [-0.3, -0.25) is 4.90 Å². The number of nitrogens with one attached hydrogen (secondary N) is 1. The predicted octanol–water partition coefficient (Wildman–Crippen LogP) is 6.65. The summed E-state index contributed by atoms with van der Waals surface area (Å²) in [5.74, 6) is 0.811. The van der Waals surface area contributed by atoms with Crippen molar-refractivity contribution in [2.45, 2.75) is 84.2 Å². The van der Waals surface area contributed by atoms with E-state index < -0.39 is 16.8 Å². The van der Waals surface area contributed by atoms with Crippen LogP contribution in [0.3, 0.4) is 0 Å². The Kier molecular flexibility index (Phi) is 7.68. The number of carbonyl (C=O) groups is 1. The Morgan fingerprint density at radius 2 is 1.61 bits per heavy atom. The van der Waals surface area contributed by atoms with E-state index in [2.05, 4.69) is 67.4 Å². The van der Waals surface area contributed by atoms with Crippen LogP contribution in [-0.4, -0.2) is 58.9 Å². The quantitative estimate of drug-likeness (QED) is 0.259. The van der Waals surface area contributed by atoms with Gasteiger partial charge >= 0.3 is 13.6 Å². The van der Waals surface area contributed by atoms with Crippen molar-refractivity contribution in [1.82, 2.24) is 14.9 Å². The van der Waals surface area contributed by atoms with Gasteiger partial charge in [-0.1, -0.05) is 41.9 Å². The smallest absolute Gasteiger partial charge is 0.410 e. The van der Waals surface area contributed by atoms with Gasteiger partial charge in [-0.05, 0) is 101 Å². The first-order valence-electron chi connectivity index (χ1n) is 14.5. The molecule has 3 aromatic carbocycles. The lowest BCUT2D eigenvalue weighted by Gasteiger charge is -2.40. The van der Waals surface area contributed by atoms with Crippen LogP contribution in [0, 0.1) is 0 Å². The average Bonchev–Trinajstić information content (AvgIpc) is 3.57. The van der Waals surface area contributed by atoms with Crippen LogP contribution in [0.5, 0.6) is 0 Å². The summed E-state index contributed by atoms with van der Waals surface area (Å²) < 4.78 is 17.6. The zero-order chi connectivity index (χ0) is 29.6. The van der Waals surface area contributed by atoms with Crippen LogP contribution >= 0.6 is 0 Å². The second-order valence-corrected chi connectivity index (χ2v) is 13.1. The molecule has 1 fully saturated rings. The highest BCUT2D eigenvalue weighted by Crippen LogP contribution is 2.34. The maximum Gasteiger partial charge on any atom is 0.410 e. The summed E-state index contributed by atoms with van der Waals surface area (Å²) in [6.45, 7) is 14.6. The van der Waals surface area contributed by atoms with E-state index in [1.165, 1.54) is 10.8 Å². The van der Waals surface area contributed by atoms with Gasteiger partial charge in [-0.2, -0.15) is 0 Å². The Balaban J connectivity index is 1.34. The second kappa shape index (κ2) is 10.8. The van der Waals surface area contributed by atoms with Gasteiger partial charge in [0.05, 0.1) is 28.3 Å². The number of methoxy groups -OCH3 is 1. The number of nitrogens with zero attached hydrogens (tertiary/aromatic N) is 2. The molecule has 2 heterocycles. The molecule has 0 unspecified atom stereocenters. The number of H-pyrrole nitrogens is 1. The van der Waals surface area contributed by atoms with Crippen LogP contribution < -0.4 is 5.46 Å². The van der Waals surface area contributed by atoms with Crippen molar-refractivity contribution in [3.63, 3.8) is 0 Å². The number of aromatic amines is 1. The molecule has 1 amide bonds. The predicted molar refractivity (Wildman–Crippen MR) is 167 cm³/mol. The standard InChI is InChI=1S/C33H42BN3O4/c1-31(2,3)40-30(38)37-17-9-10-28(37)29-35-26-16-14-24(20-27(26)36-29)21-11-12-23-19-25(15-13-22(23)18-21)34-41-33(6,7)32(4,5)39-8/h11-16,18-20,28,34H,9-10,17H2,1-8H3,(H,35,36)/t28-/m0/s1. The summed E-state index contributed by atoms with van der Waals surface area (Å²) in [5.41, 5.74) is 3.87. The molecule has 1 N–H and O–H groups in total. The minimum Gasteiger partial charge on any atom is -0.444 e.